The largest absolute Gasteiger partial charge is 0.309 e. The van der Waals surface area contributed by atoms with Crippen LogP contribution in [0, 0.1) is 0 Å². The van der Waals surface area contributed by atoms with Crippen molar-refractivity contribution in [3.63, 3.8) is 0 Å². The van der Waals surface area contributed by atoms with E-state index in [1.807, 2.05) is 0 Å². The van der Waals surface area contributed by atoms with Crippen molar-refractivity contribution in [1.82, 2.24) is 5.32 Å². The summed E-state index contributed by atoms with van der Waals surface area (Å²) >= 11 is 11.3. The van der Waals surface area contributed by atoms with Gasteiger partial charge in [0.1, 0.15) is 0 Å². The van der Waals surface area contributed by atoms with Gasteiger partial charge in [0.25, 0.3) is 0 Å². The molecular weight excluding hydrogens is 394 g/mol. The molecule has 2 atom stereocenters. The molecule has 5 heteroatoms. The van der Waals surface area contributed by atoms with E-state index in [1.54, 1.807) is 0 Å². The van der Waals surface area contributed by atoms with Crippen LogP contribution in [0.15, 0.2) is 27.1 Å². The number of benzene rings is 1. The van der Waals surface area contributed by atoms with Gasteiger partial charge in [-0.1, -0.05) is 37.9 Å². The first-order valence-corrected chi connectivity index (χ1v) is 9.83. The first-order chi connectivity index (χ1) is 8.66. The highest BCUT2D eigenvalue weighted by molar-refractivity contribution is 9.11. The highest BCUT2D eigenvalue weighted by Crippen LogP contribution is 2.28. The average Bonchev–Trinajstić information content (AvgIpc) is 2.37. The van der Waals surface area contributed by atoms with Gasteiger partial charge >= 0.3 is 0 Å². The van der Waals surface area contributed by atoms with Crippen LogP contribution >= 0.6 is 55.4 Å². The summed E-state index contributed by atoms with van der Waals surface area (Å²) in [5.41, 5.74) is 1.33. The van der Waals surface area contributed by atoms with Crippen LogP contribution in [-0.4, -0.2) is 29.1 Å². The summed E-state index contributed by atoms with van der Waals surface area (Å²) < 4.78 is 2.28. The monoisotopic (exact) mass is 409 g/mol. The van der Waals surface area contributed by atoms with Gasteiger partial charge in [0.2, 0.25) is 0 Å². The molecule has 1 aromatic carbocycles. The van der Waals surface area contributed by atoms with Crippen LogP contribution in [0.2, 0.25) is 0 Å². The van der Waals surface area contributed by atoms with Crippen LogP contribution in [0.25, 0.3) is 0 Å². The molecule has 2 unspecified atom stereocenters. The summed E-state index contributed by atoms with van der Waals surface area (Å²) in [5, 5.41) is 4.41. The van der Waals surface area contributed by atoms with Gasteiger partial charge in [0.05, 0.1) is 0 Å². The first kappa shape index (κ1) is 15.2. The van der Waals surface area contributed by atoms with Crippen LogP contribution in [-0.2, 0) is 0 Å². The van der Waals surface area contributed by atoms with Crippen molar-refractivity contribution in [3.05, 3.63) is 32.7 Å². The molecule has 0 aliphatic carbocycles. The van der Waals surface area contributed by atoms with Crippen LogP contribution in [0.1, 0.15) is 18.5 Å². The van der Waals surface area contributed by atoms with E-state index in [9.17, 15) is 0 Å². The van der Waals surface area contributed by atoms with Crippen molar-refractivity contribution in [2.45, 2.75) is 18.2 Å². The van der Waals surface area contributed by atoms with E-state index in [1.165, 1.54) is 27.3 Å². The molecule has 0 aromatic heterocycles. The fourth-order valence-corrected chi connectivity index (χ4v) is 5.94. The Hall–Kier alpha value is 0.840. The average molecular weight is 411 g/mol. The Bertz CT molecular complexity index is 395. The molecule has 1 saturated heterocycles. The van der Waals surface area contributed by atoms with Crippen molar-refractivity contribution in [2.24, 2.45) is 0 Å². The lowest BCUT2D eigenvalue weighted by molar-refractivity contribution is 0.575. The van der Waals surface area contributed by atoms with Gasteiger partial charge in [0, 0.05) is 44.0 Å². The molecular formula is C13H17Br2NS2. The fraction of sp³-hybridized carbons (Fsp3) is 0.538. The van der Waals surface area contributed by atoms with Crippen LogP contribution in [0.5, 0.6) is 0 Å². The number of halogens is 2. The maximum atomic E-state index is 3.65. The van der Waals surface area contributed by atoms with E-state index < -0.39 is 0 Å². The van der Waals surface area contributed by atoms with Crippen LogP contribution in [0.3, 0.4) is 0 Å². The molecule has 0 spiro atoms. The van der Waals surface area contributed by atoms with Gasteiger partial charge in [-0.2, -0.15) is 23.5 Å². The second-order valence-corrected chi connectivity index (χ2v) is 8.69. The quantitative estimate of drug-likeness (QED) is 0.771. The lowest BCUT2D eigenvalue weighted by Gasteiger charge is -2.24. The summed E-state index contributed by atoms with van der Waals surface area (Å²) in [4.78, 5) is 0. The Kier molecular flexibility index (Phi) is 6.41. The number of thioether (sulfide) groups is 2. The molecule has 100 valence electrons. The Balaban J connectivity index is 1.88. The predicted octanol–water partition coefficient (Wildman–Crippen LogP) is 4.71. The molecule has 1 nitrogen and oxygen atoms in total. The summed E-state index contributed by atoms with van der Waals surface area (Å²) in [6, 6.07) is 6.77. The minimum absolute atomic E-state index is 0.389. The molecule has 0 saturated carbocycles. The molecule has 18 heavy (non-hydrogen) atoms. The van der Waals surface area contributed by atoms with E-state index in [-0.39, 0.29) is 0 Å². The lowest BCUT2D eigenvalue weighted by atomic mass is 10.1. The highest BCUT2D eigenvalue weighted by Gasteiger charge is 2.16. The van der Waals surface area contributed by atoms with Crippen LogP contribution < -0.4 is 5.32 Å². The third-order valence-corrected chi connectivity index (χ3v) is 6.99. The molecule has 0 radical (unpaired) electrons. The number of nitrogens with one attached hydrogen (secondary N) is 1. The standard InChI is InChI=1S/C13H17Br2NS2/c1-9(12-3-2-10(14)6-13(12)15)16-7-11-8-17-4-5-18-11/h2-3,6,9,11,16H,4-5,7-8H2,1H3. The van der Waals surface area contributed by atoms with Crippen molar-refractivity contribution < 1.29 is 0 Å². The SMILES string of the molecule is CC(NCC1CSCCS1)c1ccc(Br)cc1Br. The zero-order valence-electron chi connectivity index (χ0n) is 10.3. The van der Waals surface area contributed by atoms with Crippen molar-refractivity contribution in [1.29, 1.82) is 0 Å². The van der Waals surface area contributed by atoms with Crippen LogP contribution in [0.4, 0.5) is 0 Å². The van der Waals surface area contributed by atoms with Gasteiger partial charge in [-0.05, 0) is 24.6 Å². The second-order valence-electron chi connectivity index (χ2n) is 4.36. The summed E-state index contributed by atoms with van der Waals surface area (Å²) in [7, 11) is 0. The molecule has 0 bridgehead atoms. The fourth-order valence-electron chi connectivity index (χ4n) is 1.93. The number of hydrogen-bond donors (Lipinski definition) is 1. The van der Waals surface area contributed by atoms with E-state index in [0.29, 0.717) is 6.04 Å². The van der Waals surface area contributed by atoms with Gasteiger partial charge < -0.3 is 5.32 Å². The summed E-state index contributed by atoms with van der Waals surface area (Å²) in [6.45, 7) is 3.33. The van der Waals surface area contributed by atoms with Gasteiger partial charge in [-0.25, -0.2) is 0 Å². The van der Waals surface area contributed by atoms with Crippen molar-refractivity contribution in [2.75, 3.05) is 23.8 Å². The number of hydrogen-bond acceptors (Lipinski definition) is 3. The molecule has 1 aliphatic rings. The van der Waals surface area contributed by atoms with E-state index in [4.69, 9.17) is 0 Å². The maximum absolute atomic E-state index is 3.65. The van der Waals surface area contributed by atoms with E-state index in [2.05, 4.69) is 85.8 Å². The Morgan fingerprint density at radius 1 is 1.39 bits per heavy atom. The molecule has 1 heterocycles. The Morgan fingerprint density at radius 3 is 2.89 bits per heavy atom. The Labute approximate surface area is 135 Å². The van der Waals surface area contributed by atoms with E-state index >= 15 is 0 Å². The molecule has 2 rings (SSSR count). The third kappa shape index (κ3) is 4.44. The molecule has 0 amide bonds. The minimum Gasteiger partial charge on any atom is -0.309 e. The van der Waals surface area contributed by atoms with Crippen molar-refractivity contribution in [3.8, 4) is 0 Å². The second kappa shape index (κ2) is 7.58. The minimum atomic E-state index is 0.389. The summed E-state index contributed by atoms with van der Waals surface area (Å²) in [5.74, 6) is 3.90. The molecule has 1 aliphatic heterocycles. The van der Waals surface area contributed by atoms with Crippen molar-refractivity contribution >= 4 is 55.4 Å². The molecule has 1 fully saturated rings. The predicted molar refractivity (Wildman–Crippen MR) is 91.8 cm³/mol. The smallest absolute Gasteiger partial charge is 0.0303 e. The third-order valence-electron chi connectivity index (χ3n) is 2.97. The number of rotatable bonds is 4. The zero-order chi connectivity index (χ0) is 13.0. The maximum Gasteiger partial charge on any atom is 0.0303 e. The zero-order valence-corrected chi connectivity index (χ0v) is 15.1. The topological polar surface area (TPSA) is 12.0 Å². The molecule has 1 aromatic rings. The first-order valence-electron chi connectivity index (χ1n) is 6.04. The molecule has 1 N–H and O–H groups in total. The lowest BCUT2D eigenvalue weighted by Crippen LogP contribution is -2.30. The summed E-state index contributed by atoms with van der Waals surface area (Å²) in [6.07, 6.45) is 0. The van der Waals surface area contributed by atoms with E-state index in [0.717, 1.165) is 16.3 Å². The normalized spacial score (nSPS) is 21.8. The van der Waals surface area contributed by atoms with Gasteiger partial charge in [-0.15, -0.1) is 0 Å². The highest BCUT2D eigenvalue weighted by atomic mass is 79.9. The van der Waals surface area contributed by atoms with Gasteiger partial charge in [0.15, 0.2) is 0 Å². The Morgan fingerprint density at radius 2 is 2.22 bits per heavy atom. The van der Waals surface area contributed by atoms with Gasteiger partial charge in [-0.3, -0.25) is 0 Å².